The molecule has 1 fully saturated rings. The number of hydrogen-bond donors (Lipinski definition) is 2. The Morgan fingerprint density at radius 3 is 2.55 bits per heavy atom. The van der Waals surface area contributed by atoms with Crippen molar-refractivity contribution in [2.45, 2.75) is 58.4 Å². The summed E-state index contributed by atoms with van der Waals surface area (Å²) in [5, 5.41) is 12.6. The van der Waals surface area contributed by atoms with E-state index in [2.05, 4.69) is 12.2 Å². The van der Waals surface area contributed by atoms with Gasteiger partial charge in [0.2, 0.25) is 0 Å². The molecule has 1 aliphatic rings. The SMILES string of the molecule is CCCC1CCC(Nc2ccc(C(=O)O)c(C)c2)CC1. The zero-order valence-electron chi connectivity index (χ0n) is 12.5. The molecule has 3 heteroatoms. The van der Waals surface area contributed by atoms with Crippen LogP contribution in [0.3, 0.4) is 0 Å². The molecule has 0 aliphatic heterocycles. The number of aryl methyl sites for hydroxylation is 1. The third kappa shape index (κ3) is 3.75. The second-order valence-electron chi connectivity index (χ2n) is 5.99. The Morgan fingerprint density at radius 1 is 1.30 bits per heavy atom. The van der Waals surface area contributed by atoms with Crippen LogP contribution in [-0.2, 0) is 0 Å². The van der Waals surface area contributed by atoms with Crippen molar-refractivity contribution < 1.29 is 9.90 Å². The number of anilines is 1. The van der Waals surface area contributed by atoms with Crippen molar-refractivity contribution in [1.82, 2.24) is 0 Å². The standard InChI is InChI=1S/C17H25NO2/c1-3-4-13-5-7-14(8-6-13)18-15-9-10-16(17(19)20)12(2)11-15/h9-11,13-14,18H,3-8H2,1-2H3,(H,19,20). The van der Waals surface area contributed by atoms with E-state index in [1.54, 1.807) is 6.07 Å². The molecule has 0 heterocycles. The molecule has 110 valence electrons. The fraction of sp³-hybridized carbons (Fsp3) is 0.588. The van der Waals surface area contributed by atoms with Crippen LogP contribution in [0.2, 0.25) is 0 Å². The van der Waals surface area contributed by atoms with E-state index in [4.69, 9.17) is 5.11 Å². The van der Waals surface area contributed by atoms with Crippen LogP contribution in [0.25, 0.3) is 0 Å². The van der Waals surface area contributed by atoms with Gasteiger partial charge >= 0.3 is 5.97 Å². The molecule has 2 N–H and O–H groups in total. The van der Waals surface area contributed by atoms with Gasteiger partial charge in [-0.1, -0.05) is 19.8 Å². The maximum atomic E-state index is 11.0. The topological polar surface area (TPSA) is 49.3 Å². The highest BCUT2D eigenvalue weighted by atomic mass is 16.4. The quantitative estimate of drug-likeness (QED) is 0.834. The van der Waals surface area contributed by atoms with Gasteiger partial charge < -0.3 is 10.4 Å². The lowest BCUT2D eigenvalue weighted by Gasteiger charge is -2.29. The molecule has 0 bridgehead atoms. The van der Waals surface area contributed by atoms with E-state index in [0.717, 1.165) is 17.2 Å². The van der Waals surface area contributed by atoms with E-state index in [9.17, 15) is 4.79 Å². The van der Waals surface area contributed by atoms with Crippen molar-refractivity contribution in [2.75, 3.05) is 5.32 Å². The maximum Gasteiger partial charge on any atom is 0.335 e. The van der Waals surface area contributed by atoms with E-state index < -0.39 is 5.97 Å². The lowest BCUT2D eigenvalue weighted by atomic mass is 9.83. The first-order valence-electron chi connectivity index (χ1n) is 7.70. The summed E-state index contributed by atoms with van der Waals surface area (Å²) >= 11 is 0. The molecule has 3 nitrogen and oxygen atoms in total. The van der Waals surface area contributed by atoms with E-state index in [-0.39, 0.29) is 0 Å². The van der Waals surface area contributed by atoms with Crippen LogP contribution in [0.1, 0.15) is 61.4 Å². The molecule has 2 rings (SSSR count). The molecular weight excluding hydrogens is 250 g/mol. The summed E-state index contributed by atoms with van der Waals surface area (Å²) in [6.45, 7) is 4.11. The van der Waals surface area contributed by atoms with E-state index in [0.29, 0.717) is 11.6 Å². The summed E-state index contributed by atoms with van der Waals surface area (Å²) in [4.78, 5) is 11.0. The molecule has 0 unspecified atom stereocenters. The van der Waals surface area contributed by atoms with Crippen LogP contribution in [0.15, 0.2) is 18.2 Å². The van der Waals surface area contributed by atoms with Gasteiger partial charge in [-0.2, -0.15) is 0 Å². The number of carbonyl (C=O) groups is 1. The van der Waals surface area contributed by atoms with Crippen molar-refractivity contribution in [3.05, 3.63) is 29.3 Å². The van der Waals surface area contributed by atoms with Gasteiger partial charge in [0.05, 0.1) is 5.56 Å². The molecule has 1 aromatic rings. The number of carboxylic acid groups (broad SMARTS) is 1. The van der Waals surface area contributed by atoms with Crippen LogP contribution in [-0.4, -0.2) is 17.1 Å². The summed E-state index contributed by atoms with van der Waals surface area (Å²) in [6, 6.07) is 6.07. The Kier molecular flexibility index (Phi) is 5.05. The van der Waals surface area contributed by atoms with Gasteiger partial charge in [0, 0.05) is 11.7 Å². The first-order chi connectivity index (χ1) is 9.60. The van der Waals surface area contributed by atoms with Gasteiger partial charge in [-0.05, 0) is 62.3 Å². The average molecular weight is 275 g/mol. The molecule has 1 saturated carbocycles. The largest absolute Gasteiger partial charge is 0.478 e. The van der Waals surface area contributed by atoms with Gasteiger partial charge in [-0.3, -0.25) is 0 Å². The van der Waals surface area contributed by atoms with Crippen molar-refractivity contribution >= 4 is 11.7 Å². The average Bonchev–Trinajstić information content (AvgIpc) is 2.41. The highest BCUT2D eigenvalue weighted by Crippen LogP contribution is 2.29. The highest BCUT2D eigenvalue weighted by molar-refractivity contribution is 5.89. The lowest BCUT2D eigenvalue weighted by molar-refractivity contribution is 0.0696. The van der Waals surface area contributed by atoms with Crippen LogP contribution in [0.5, 0.6) is 0 Å². The van der Waals surface area contributed by atoms with Crippen molar-refractivity contribution in [1.29, 1.82) is 0 Å². The number of hydrogen-bond acceptors (Lipinski definition) is 2. The molecule has 20 heavy (non-hydrogen) atoms. The van der Waals surface area contributed by atoms with Gasteiger partial charge in [-0.15, -0.1) is 0 Å². The minimum atomic E-state index is -0.853. The maximum absolute atomic E-state index is 11.0. The van der Waals surface area contributed by atoms with Crippen molar-refractivity contribution in [3.8, 4) is 0 Å². The molecular formula is C17H25NO2. The number of benzene rings is 1. The third-order valence-electron chi connectivity index (χ3n) is 4.37. The molecule has 0 atom stereocenters. The van der Waals surface area contributed by atoms with E-state index >= 15 is 0 Å². The fourth-order valence-electron chi connectivity index (χ4n) is 3.23. The molecule has 0 saturated heterocycles. The Hall–Kier alpha value is -1.51. The number of rotatable bonds is 5. The lowest BCUT2D eigenvalue weighted by Crippen LogP contribution is -2.26. The number of aromatic carboxylic acids is 1. The molecule has 1 aromatic carbocycles. The third-order valence-corrected chi connectivity index (χ3v) is 4.37. The van der Waals surface area contributed by atoms with Gasteiger partial charge in [0.15, 0.2) is 0 Å². The van der Waals surface area contributed by atoms with E-state index in [1.165, 1.54) is 38.5 Å². The molecule has 0 radical (unpaired) electrons. The Balaban J connectivity index is 1.91. The van der Waals surface area contributed by atoms with E-state index in [1.807, 2.05) is 19.1 Å². The second-order valence-corrected chi connectivity index (χ2v) is 5.99. The van der Waals surface area contributed by atoms with Crippen LogP contribution in [0, 0.1) is 12.8 Å². The summed E-state index contributed by atoms with van der Waals surface area (Å²) < 4.78 is 0. The molecule has 0 aromatic heterocycles. The van der Waals surface area contributed by atoms with Crippen LogP contribution >= 0.6 is 0 Å². The minimum absolute atomic E-state index is 0.391. The zero-order chi connectivity index (χ0) is 14.5. The Labute approximate surface area is 121 Å². The summed E-state index contributed by atoms with van der Waals surface area (Å²) in [5.41, 5.74) is 2.26. The van der Waals surface area contributed by atoms with Crippen molar-refractivity contribution in [3.63, 3.8) is 0 Å². The Morgan fingerprint density at radius 2 is 2.00 bits per heavy atom. The number of carboxylic acids is 1. The van der Waals surface area contributed by atoms with Gasteiger partial charge in [0.25, 0.3) is 0 Å². The normalized spacial score (nSPS) is 22.5. The minimum Gasteiger partial charge on any atom is -0.478 e. The first kappa shape index (κ1) is 14.9. The summed E-state index contributed by atoms with van der Waals surface area (Å²) in [5.74, 6) is 0.0586. The van der Waals surface area contributed by atoms with Gasteiger partial charge in [-0.25, -0.2) is 4.79 Å². The molecule has 0 spiro atoms. The molecule has 1 aliphatic carbocycles. The Bertz CT molecular complexity index is 462. The smallest absolute Gasteiger partial charge is 0.335 e. The van der Waals surface area contributed by atoms with Crippen molar-refractivity contribution in [2.24, 2.45) is 5.92 Å². The zero-order valence-corrected chi connectivity index (χ0v) is 12.5. The predicted octanol–water partition coefficient (Wildman–Crippen LogP) is 4.46. The highest BCUT2D eigenvalue weighted by Gasteiger charge is 2.20. The second kappa shape index (κ2) is 6.78. The van der Waals surface area contributed by atoms with Crippen LogP contribution in [0.4, 0.5) is 5.69 Å². The number of nitrogens with one attached hydrogen (secondary N) is 1. The van der Waals surface area contributed by atoms with Gasteiger partial charge in [0.1, 0.15) is 0 Å². The van der Waals surface area contributed by atoms with Crippen LogP contribution < -0.4 is 5.32 Å². The summed E-state index contributed by atoms with van der Waals surface area (Å²) in [7, 11) is 0. The fourth-order valence-corrected chi connectivity index (χ4v) is 3.23. The predicted molar refractivity (Wildman–Crippen MR) is 82.4 cm³/mol. The first-order valence-corrected chi connectivity index (χ1v) is 7.70. The summed E-state index contributed by atoms with van der Waals surface area (Å²) in [6.07, 6.45) is 7.74. The monoisotopic (exact) mass is 275 g/mol. The molecule has 0 amide bonds.